The summed E-state index contributed by atoms with van der Waals surface area (Å²) in [5, 5.41) is 9.01. The maximum Gasteiger partial charge on any atom is 0.335 e. The van der Waals surface area contributed by atoms with Crippen molar-refractivity contribution in [2.45, 2.75) is 16.7 Å². The van der Waals surface area contributed by atoms with Crippen LogP contribution in [-0.2, 0) is 0 Å². The number of halogens is 1. The minimum Gasteiger partial charge on any atom is -0.478 e. The summed E-state index contributed by atoms with van der Waals surface area (Å²) in [5.74, 6) is -0.914. The summed E-state index contributed by atoms with van der Waals surface area (Å²) in [6.45, 7) is 2.04. The molecule has 2 rings (SSSR count). The Hall–Kier alpha value is -1.26. The van der Waals surface area contributed by atoms with Gasteiger partial charge in [-0.1, -0.05) is 45.4 Å². The van der Waals surface area contributed by atoms with E-state index in [-0.39, 0.29) is 0 Å². The van der Waals surface area contributed by atoms with Crippen LogP contribution in [0, 0.1) is 6.92 Å². The van der Waals surface area contributed by atoms with Crippen molar-refractivity contribution in [3.05, 3.63) is 58.1 Å². The molecule has 0 radical (unpaired) electrons. The quantitative estimate of drug-likeness (QED) is 0.896. The van der Waals surface area contributed by atoms with Crippen molar-refractivity contribution in [1.29, 1.82) is 0 Å². The molecule has 0 unspecified atom stereocenters. The first-order chi connectivity index (χ1) is 8.54. The highest BCUT2D eigenvalue weighted by Gasteiger charge is 2.07. The van der Waals surface area contributed by atoms with E-state index in [0.717, 1.165) is 14.3 Å². The van der Waals surface area contributed by atoms with Gasteiger partial charge in [0.2, 0.25) is 0 Å². The van der Waals surface area contributed by atoms with Crippen molar-refractivity contribution < 1.29 is 9.90 Å². The fraction of sp³-hybridized carbons (Fsp3) is 0.0714. The first kappa shape index (κ1) is 13.2. The Morgan fingerprint density at radius 1 is 1.17 bits per heavy atom. The number of carboxylic acids is 1. The second-order valence-corrected chi connectivity index (χ2v) is 5.96. The molecular formula is C14H11BrO2S. The zero-order valence-corrected chi connectivity index (χ0v) is 12.1. The molecule has 0 amide bonds. The Morgan fingerprint density at radius 3 is 2.61 bits per heavy atom. The van der Waals surface area contributed by atoms with Crippen LogP contribution in [0.1, 0.15) is 15.9 Å². The van der Waals surface area contributed by atoms with Crippen LogP contribution in [-0.4, -0.2) is 11.1 Å². The summed E-state index contributed by atoms with van der Waals surface area (Å²) in [7, 11) is 0. The second-order valence-electron chi connectivity index (χ2n) is 3.90. The van der Waals surface area contributed by atoms with Crippen molar-refractivity contribution in [3.8, 4) is 0 Å². The van der Waals surface area contributed by atoms with Crippen LogP contribution in [0.15, 0.2) is 56.7 Å². The SMILES string of the molecule is Cc1cccc(Sc2cc(Br)cc(C(=O)O)c2)c1. The van der Waals surface area contributed by atoms with Gasteiger partial charge in [-0.3, -0.25) is 0 Å². The Labute approximate surface area is 118 Å². The lowest BCUT2D eigenvalue weighted by atomic mass is 10.2. The van der Waals surface area contributed by atoms with Crippen LogP contribution >= 0.6 is 27.7 Å². The van der Waals surface area contributed by atoms with E-state index >= 15 is 0 Å². The van der Waals surface area contributed by atoms with Crippen LogP contribution in [0.2, 0.25) is 0 Å². The largest absolute Gasteiger partial charge is 0.478 e. The van der Waals surface area contributed by atoms with Gasteiger partial charge in [0.1, 0.15) is 0 Å². The Balaban J connectivity index is 2.31. The van der Waals surface area contributed by atoms with Gasteiger partial charge in [0.05, 0.1) is 5.56 Å². The number of aryl methyl sites for hydroxylation is 1. The van der Waals surface area contributed by atoms with Crippen LogP contribution < -0.4 is 0 Å². The third-order valence-electron chi connectivity index (χ3n) is 2.34. The molecule has 0 aromatic heterocycles. The van der Waals surface area contributed by atoms with Crippen molar-refractivity contribution in [1.82, 2.24) is 0 Å². The minimum atomic E-state index is -0.914. The number of aromatic carboxylic acids is 1. The van der Waals surface area contributed by atoms with Crippen LogP contribution in [0.5, 0.6) is 0 Å². The lowest BCUT2D eigenvalue weighted by Crippen LogP contribution is -1.96. The summed E-state index contributed by atoms with van der Waals surface area (Å²) in [6.07, 6.45) is 0. The standard InChI is InChI=1S/C14H11BrO2S/c1-9-3-2-4-12(5-9)18-13-7-10(14(16)17)6-11(15)8-13/h2-8H,1H3,(H,16,17). The Morgan fingerprint density at radius 2 is 1.94 bits per heavy atom. The van der Waals surface area contributed by atoms with E-state index in [2.05, 4.69) is 22.0 Å². The summed E-state index contributed by atoms with van der Waals surface area (Å²) in [4.78, 5) is 13.0. The molecule has 0 aliphatic heterocycles. The molecule has 0 aliphatic carbocycles. The van der Waals surface area contributed by atoms with Crippen molar-refractivity contribution in [2.75, 3.05) is 0 Å². The average molecular weight is 323 g/mol. The van der Waals surface area contributed by atoms with E-state index in [0.29, 0.717) is 5.56 Å². The summed E-state index contributed by atoms with van der Waals surface area (Å²) >= 11 is 4.89. The first-order valence-electron chi connectivity index (χ1n) is 5.33. The number of carboxylic acid groups (broad SMARTS) is 1. The Kier molecular flexibility index (Phi) is 4.09. The molecule has 18 heavy (non-hydrogen) atoms. The minimum absolute atomic E-state index is 0.291. The Bertz CT molecular complexity index is 596. The molecule has 0 bridgehead atoms. The maximum absolute atomic E-state index is 11.0. The lowest BCUT2D eigenvalue weighted by molar-refractivity contribution is 0.0696. The molecule has 92 valence electrons. The van der Waals surface area contributed by atoms with E-state index in [1.54, 1.807) is 23.9 Å². The monoisotopic (exact) mass is 322 g/mol. The van der Waals surface area contributed by atoms with Crippen molar-refractivity contribution >= 4 is 33.7 Å². The van der Waals surface area contributed by atoms with Crippen molar-refractivity contribution in [3.63, 3.8) is 0 Å². The lowest BCUT2D eigenvalue weighted by Gasteiger charge is -2.05. The predicted molar refractivity (Wildman–Crippen MR) is 76.4 cm³/mol. The van der Waals surface area contributed by atoms with Gasteiger partial charge in [0.15, 0.2) is 0 Å². The summed E-state index contributed by atoms with van der Waals surface area (Å²) in [5.41, 5.74) is 1.48. The molecule has 0 saturated heterocycles. The van der Waals surface area contributed by atoms with Gasteiger partial charge in [-0.05, 0) is 37.3 Å². The second kappa shape index (κ2) is 5.59. The molecule has 0 spiro atoms. The van der Waals surface area contributed by atoms with Crippen LogP contribution in [0.25, 0.3) is 0 Å². The third kappa shape index (κ3) is 3.37. The van der Waals surface area contributed by atoms with Gasteiger partial charge in [-0.15, -0.1) is 0 Å². The van der Waals surface area contributed by atoms with E-state index in [1.165, 1.54) is 5.56 Å². The summed E-state index contributed by atoms with van der Waals surface area (Å²) < 4.78 is 0.776. The highest BCUT2D eigenvalue weighted by Crippen LogP contribution is 2.31. The highest BCUT2D eigenvalue weighted by molar-refractivity contribution is 9.10. The molecular weight excluding hydrogens is 312 g/mol. The summed E-state index contributed by atoms with van der Waals surface area (Å²) in [6, 6.07) is 13.3. The number of rotatable bonds is 3. The molecule has 2 aromatic carbocycles. The number of benzene rings is 2. The molecule has 4 heteroatoms. The zero-order chi connectivity index (χ0) is 13.1. The maximum atomic E-state index is 11.0. The normalized spacial score (nSPS) is 10.3. The third-order valence-corrected chi connectivity index (χ3v) is 3.76. The molecule has 1 N–H and O–H groups in total. The fourth-order valence-corrected chi connectivity index (χ4v) is 3.24. The van der Waals surface area contributed by atoms with Gasteiger partial charge < -0.3 is 5.11 Å². The molecule has 0 fully saturated rings. The van der Waals surface area contributed by atoms with Gasteiger partial charge >= 0.3 is 5.97 Å². The highest BCUT2D eigenvalue weighted by atomic mass is 79.9. The zero-order valence-electron chi connectivity index (χ0n) is 9.68. The molecule has 2 nitrogen and oxygen atoms in total. The number of hydrogen-bond donors (Lipinski definition) is 1. The fourth-order valence-electron chi connectivity index (χ4n) is 1.56. The molecule has 0 heterocycles. The molecule has 0 aliphatic rings. The predicted octanol–water partition coefficient (Wildman–Crippen LogP) is 4.61. The molecule has 0 saturated carbocycles. The van der Waals surface area contributed by atoms with E-state index < -0.39 is 5.97 Å². The van der Waals surface area contributed by atoms with E-state index in [9.17, 15) is 4.79 Å². The smallest absolute Gasteiger partial charge is 0.335 e. The molecule has 2 aromatic rings. The van der Waals surface area contributed by atoms with Crippen LogP contribution in [0.3, 0.4) is 0 Å². The topological polar surface area (TPSA) is 37.3 Å². The van der Waals surface area contributed by atoms with Crippen molar-refractivity contribution in [2.24, 2.45) is 0 Å². The van der Waals surface area contributed by atoms with Gasteiger partial charge in [-0.2, -0.15) is 0 Å². The van der Waals surface area contributed by atoms with Crippen LogP contribution in [0.4, 0.5) is 0 Å². The van der Waals surface area contributed by atoms with Gasteiger partial charge in [0.25, 0.3) is 0 Å². The van der Waals surface area contributed by atoms with E-state index in [1.807, 2.05) is 31.2 Å². The van der Waals surface area contributed by atoms with E-state index in [4.69, 9.17) is 5.11 Å². The van der Waals surface area contributed by atoms with Gasteiger partial charge in [0, 0.05) is 14.3 Å². The first-order valence-corrected chi connectivity index (χ1v) is 6.94. The molecule has 0 atom stereocenters. The van der Waals surface area contributed by atoms with Gasteiger partial charge in [-0.25, -0.2) is 4.79 Å². The number of carbonyl (C=O) groups is 1. The average Bonchev–Trinajstić information content (AvgIpc) is 2.28. The number of hydrogen-bond acceptors (Lipinski definition) is 2.